The first-order valence-electron chi connectivity index (χ1n) is 8.81. The highest BCUT2D eigenvalue weighted by molar-refractivity contribution is 6.00. The number of ether oxygens (including phenoxy) is 1. The van der Waals surface area contributed by atoms with Gasteiger partial charge in [0.05, 0.1) is 30.6 Å². The second-order valence-electron chi connectivity index (χ2n) is 6.06. The van der Waals surface area contributed by atoms with E-state index in [1.165, 1.54) is 6.39 Å². The van der Waals surface area contributed by atoms with Gasteiger partial charge in [0.15, 0.2) is 17.9 Å². The highest BCUT2D eigenvalue weighted by atomic mass is 16.5. The Morgan fingerprint density at radius 2 is 1.93 bits per heavy atom. The van der Waals surface area contributed by atoms with Crippen LogP contribution in [0.15, 0.2) is 70.1 Å². The smallest absolute Gasteiger partial charge is 0.299 e. The topological polar surface area (TPSA) is 102 Å². The van der Waals surface area contributed by atoms with Crippen LogP contribution in [-0.2, 0) is 0 Å². The molecule has 8 nitrogen and oxygen atoms in total. The van der Waals surface area contributed by atoms with Crippen molar-refractivity contribution in [2.24, 2.45) is 0 Å². The minimum absolute atomic E-state index is 0.195. The maximum absolute atomic E-state index is 12.1. The van der Waals surface area contributed by atoms with E-state index >= 15 is 0 Å². The first kappa shape index (κ1) is 18.3. The van der Waals surface area contributed by atoms with Crippen molar-refractivity contribution in [2.45, 2.75) is 0 Å². The zero-order valence-electron chi connectivity index (χ0n) is 15.8. The maximum Gasteiger partial charge on any atom is 0.299 e. The summed E-state index contributed by atoms with van der Waals surface area (Å²) in [5.74, 6) is 1.51. The van der Waals surface area contributed by atoms with Crippen molar-refractivity contribution in [1.82, 2.24) is 15.3 Å². The fourth-order valence-corrected chi connectivity index (χ4v) is 2.93. The Labute approximate surface area is 166 Å². The lowest BCUT2D eigenvalue weighted by Crippen LogP contribution is -2.18. The molecule has 0 radical (unpaired) electrons. The number of rotatable bonds is 6. The molecule has 4 rings (SSSR count). The fraction of sp³-hybridized carbons (Fsp3) is 0.0952. The Morgan fingerprint density at radius 3 is 2.69 bits per heavy atom. The number of oxazole rings is 2. The third-order valence-electron chi connectivity index (χ3n) is 4.32. The SMILES string of the molecule is CNC(=O)c1ccccc1-c1cnc(Nc2ccc(-c3cnco3)c(OC)c2)o1. The molecule has 0 spiro atoms. The van der Waals surface area contributed by atoms with E-state index in [2.05, 4.69) is 20.6 Å². The van der Waals surface area contributed by atoms with E-state index in [1.54, 1.807) is 44.8 Å². The lowest BCUT2D eigenvalue weighted by atomic mass is 10.1. The van der Waals surface area contributed by atoms with E-state index in [4.69, 9.17) is 13.6 Å². The van der Waals surface area contributed by atoms with Gasteiger partial charge in [0.1, 0.15) is 5.75 Å². The van der Waals surface area contributed by atoms with Crippen LogP contribution in [-0.4, -0.2) is 30.0 Å². The third-order valence-corrected chi connectivity index (χ3v) is 4.32. The minimum Gasteiger partial charge on any atom is -0.496 e. The summed E-state index contributed by atoms with van der Waals surface area (Å²) in [4.78, 5) is 20.3. The molecule has 2 aromatic carbocycles. The number of hydrogen-bond donors (Lipinski definition) is 2. The largest absolute Gasteiger partial charge is 0.496 e. The monoisotopic (exact) mass is 390 g/mol. The van der Waals surface area contributed by atoms with Crippen molar-refractivity contribution in [1.29, 1.82) is 0 Å². The standard InChI is InChI=1S/C21H18N4O4/c1-22-20(26)15-6-4-3-5-14(15)19-11-24-21(29-19)25-13-7-8-16(17(9-13)27-2)18-10-23-12-28-18/h3-12H,1-2H3,(H,22,26)(H,24,25). The Morgan fingerprint density at radius 1 is 1.07 bits per heavy atom. The Bertz CT molecular complexity index is 1140. The van der Waals surface area contributed by atoms with Crippen molar-refractivity contribution >= 4 is 17.6 Å². The van der Waals surface area contributed by atoms with E-state index in [0.717, 1.165) is 11.3 Å². The molecule has 0 unspecified atom stereocenters. The molecular formula is C21H18N4O4. The summed E-state index contributed by atoms with van der Waals surface area (Å²) >= 11 is 0. The minimum atomic E-state index is -0.195. The maximum atomic E-state index is 12.1. The molecule has 0 fully saturated rings. The van der Waals surface area contributed by atoms with Crippen molar-refractivity contribution < 1.29 is 18.4 Å². The summed E-state index contributed by atoms with van der Waals surface area (Å²) in [6, 6.07) is 13.0. The third kappa shape index (κ3) is 3.68. The van der Waals surface area contributed by atoms with Crippen LogP contribution in [0.5, 0.6) is 5.75 Å². The number of benzene rings is 2. The van der Waals surface area contributed by atoms with E-state index in [9.17, 15) is 4.79 Å². The van der Waals surface area contributed by atoms with Gasteiger partial charge in [0, 0.05) is 24.4 Å². The van der Waals surface area contributed by atoms with Gasteiger partial charge in [-0.3, -0.25) is 4.79 Å². The molecular weight excluding hydrogens is 372 g/mol. The van der Waals surface area contributed by atoms with E-state index in [0.29, 0.717) is 34.4 Å². The van der Waals surface area contributed by atoms with Gasteiger partial charge >= 0.3 is 0 Å². The number of nitrogens with one attached hydrogen (secondary N) is 2. The molecule has 0 aliphatic carbocycles. The lowest BCUT2D eigenvalue weighted by Gasteiger charge is -2.09. The molecule has 1 amide bonds. The number of carbonyl (C=O) groups excluding carboxylic acids is 1. The van der Waals surface area contributed by atoms with Crippen LogP contribution in [0.25, 0.3) is 22.6 Å². The van der Waals surface area contributed by atoms with Crippen LogP contribution in [0.4, 0.5) is 11.7 Å². The van der Waals surface area contributed by atoms with Crippen molar-refractivity contribution in [3.8, 4) is 28.4 Å². The molecule has 0 saturated carbocycles. The molecule has 0 bridgehead atoms. The summed E-state index contributed by atoms with van der Waals surface area (Å²) in [6.45, 7) is 0. The van der Waals surface area contributed by atoms with Gasteiger partial charge in [-0.2, -0.15) is 0 Å². The highest BCUT2D eigenvalue weighted by Gasteiger charge is 2.16. The number of amides is 1. The van der Waals surface area contributed by atoms with Gasteiger partial charge < -0.3 is 24.2 Å². The average Bonchev–Trinajstić information content (AvgIpc) is 3.45. The summed E-state index contributed by atoms with van der Waals surface area (Å²) in [5.41, 5.74) is 2.67. The number of methoxy groups -OCH3 is 1. The molecule has 0 atom stereocenters. The second kappa shape index (κ2) is 7.89. The first-order chi connectivity index (χ1) is 14.2. The number of carbonyl (C=O) groups is 1. The normalized spacial score (nSPS) is 10.6. The summed E-state index contributed by atoms with van der Waals surface area (Å²) < 4.78 is 16.6. The number of hydrogen-bond acceptors (Lipinski definition) is 7. The van der Waals surface area contributed by atoms with Gasteiger partial charge in [0.25, 0.3) is 11.9 Å². The van der Waals surface area contributed by atoms with Crippen molar-refractivity contribution in [3.63, 3.8) is 0 Å². The van der Waals surface area contributed by atoms with Crippen LogP contribution >= 0.6 is 0 Å². The van der Waals surface area contributed by atoms with Crippen LogP contribution in [0.2, 0.25) is 0 Å². The zero-order chi connectivity index (χ0) is 20.2. The predicted molar refractivity (Wildman–Crippen MR) is 107 cm³/mol. The predicted octanol–water partition coefficient (Wildman–Crippen LogP) is 4.11. The average molecular weight is 390 g/mol. The summed E-state index contributed by atoms with van der Waals surface area (Å²) in [5, 5.41) is 5.72. The first-order valence-corrected chi connectivity index (χ1v) is 8.81. The molecule has 2 N–H and O–H groups in total. The van der Waals surface area contributed by atoms with Crippen LogP contribution in [0.3, 0.4) is 0 Å². The number of anilines is 2. The van der Waals surface area contributed by atoms with Gasteiger partial charge in [0.2, 0.25) is 0 Å². The van der Waals surface area contributed by atoms with Crippen LogP contribution < -0.4 is 15.4 Å². The zero-order valence-corrected chi connectivity index (χ0v) is 15.8. The molecule has 0 aliphatic heterocycles. The van der Waals surface area contributed by atoms with Gasteiger partial charge in [-0.25, -0.2) is 9.97 Å². The van der Waals surface area contributed by atoms with Crippen LogP contribution in [0.1, 0.15) is 10.4 Å². The molecule has 0 saturated heterocycles. The Kier molecular flexibility index (Phi) is 4.98. The molecule has 0 aliphatic rings. The number of aromatic nitrogens is 2. The molecule has 8 heteroatoms. The van der Waals surface area contributed by atoms with Gasteiger partial charge in [-0.05, 0) is 18.2 Å². The van der Waals surface area contributed by atoms with E-state index < -0.39 is 0 Å². The van der Waals surface area contributed by atoms with Crippen LogP contribution in [0, 0.1) is 0 Å². The Balaban J connectivity index is 1.60. The lowest BCUT2D eigenvalue weighted by molar-refractivity contribution is 0.0963. The van der Waals surface area contributed by atoms with Gasteiger partial charge in [-0.15, -0.1) is 0 Å². The molecule has 29 heavy (non-hydrogen) atoms. The molecule has 2 heterocycles. The van der Waals surface area contributed by atoms with Gasteiger partial charge in [-0.1, -0.05) is 18.2 Å². The molecule has 2 aromatic heterocycles. The number of nitrogens with zero attached hydrogens (tertiary/aromatic N) is 2. The summed E-state index contributed by atoms with van der Waals surface area (Å²) in [6.07, 6.45) is 4.56. The van der Waals surface area contributed by atoms with Crippen molar-refractivity contribution in [3.05, 3.63) is 66.8 Å². The van der Waals surface area contributed by atoms with E-state index in [-0.39, 0.29) is 5.91 Å². The fourth-order valence-electron chi connectivity index (χ4n) is 2.93. The second-order valence-corrected chi connectivity index (χ2v) is 6.06. The quantitative estimate of drug-likeness (QED) is 0.511. The summed E-state index contributed by atoms with van der Waals surface area (Å²) in [7, 11) is 3.17. The van der Waals surface area contributed by atoms with Crippen molar-refractivity contribution in [2.75, 3.05) is 19.5 Å². The highest BCUT2D eigenvalue weighted by Crippen LogP contribution is 2.34. The molecule has 146 valence electrons. The van der Waals surface area contributed by atoms with E-state index in [1.807, 2.05) is 24.3 Å². The Hall–Kier alpha value is -4.07. The molecule has 4 aromatic rings.